The van der Waals surface area contributed by atoms with Crippen molar-refractivity contribution < 1.29 is 23.1 Å². The van der Waals surface area contributed by atoms with Gasteiger partial charge in [0.25, 0.3) is 0 Å². The molecule has 33 heavy (non-hydrogen) atoms. The van der Waals surface area contributed by atoms with Crippen molar-refractivity contribution in [1.82, 2.24) is 15.4 Å². The lowest BCUT2D eigenvalue weighted by atomic mass is 9.85. The van der Waals surface area contributed by atoms with Crippen molar-refractivity contribution in [1.29, 1.82) is 0 Å². The van der Waals surface area contributed by atoms with E-state index in [1.807, 2.05) is 0 Å². The third-order valence-corrected chi connectivity index (χ3v) is 8.47. The van der Waals surface area contributed by atoms with Crippen LogP contribution in [-0.4, -0.2) is 56.3 Å². The SMILES string of the molecule is CCCCCCCCS(=O)(=O)N[C@@H](CC1CCCCC1)C(=O)N[C@H](CO)C[C@@H]1CCNC1=O. The molecule has 0 aromatic heterocycles. The predicted octanol–water partition coefficient (Wildman–Crippen LogP) is 2.61. The summed E-state index contributed by atoms with van der Waals surface area (Å²) < 4.78 is 28.2. The Morgan fingerprint density at radius 1 is 1.06 bits per heavy atom. The maximum atomic E-state index is 13.1. The minimum atomic E-state index is -3.58. The lowest BCUT2D eigenvalue weighted by molar-refractivity contribution is -0.126. The van der Waals surface area contributed by atoms with Gasteiger partial charge in [-0.25, -0.2) is 13.1 Å². The number of carbonyl (C=O) groups excluding carboxylic acids is 2. The van der Waals surface area contributed by atoms with Crippen LogP contribution in [0.15, 0.2) is 0 Å². The van der Waals surface area contributed by atoms with Crippen molar-refractivity contribution in [3.05, 3.63) is 0 Å². The summed E-state index contributed by atoms with van der Waals surface area (Å²) in [5.41, 5.74) is 0. The van der Waals surface area contributed by atoms with E-state index in [1.54, 1.807) is 0 Å². The Kier molecular flexibility index (Phi) is 12.7. The molecule has 0 radical (unpaired) electrons. The lowest BCUT2D eigenvalue weighted by Gasteiger charge is -2.28. The van der Waals surface area contributed by atoms with E-state index in [4.69, 9.17) is 0 Å². The average Bonchev–Trinajstić information content (AvgIpc) is 3.20. The minimum Gasteiger partial charge on any atom is -0.394 e. The van der Waals surface area contributed by atoms with E-state index in [1.165, 1.54) is 12.8 Å². The maximum absolute atomic E-state index is 13.1. The summed E-state index contributed by atoms with van der Waals surface area (Å²) in [7, 11) is -3.58. The molecule has 0 unspecified atom stereocenters. The molecule has 2 amide bonds. The van der Waals surface area contributed by atoms with E-state index in [0.717, 1.165) is 51.4 Å². The first kappa shape index (κ1) is 28.1. The Hall–Kier alpha value is -1.19. The van der Waals surface area contributed by atoms with Gasteiger partial charge in [-0.1, -0.05) is 71.1 Å². The molecule has 3 atom stereocenters. The van der Waals surface area contributed by atoms with Crippen LogP contribution in [0.3, 0.4) is 0 Å². The molecule has 192 valence electrons. The lowest BCUT2D eigenvalue weighted by Crippen LogP contribution is -2.52. The Labute approximate surface area is 200 Å². The van der Waals surface area contributed by atoms with E-state index in [2.05, 4.69) is 22.3 Å². The van der Waals surface area contributed by atoms with Crippen LogP contribution in [0, 0.1) is 11.8 Å². The zero-order valence-corrected chi connectivity index (χ0v) is 21.1. The average molecular weight is 488 g/mol. The van der Waals surface area contributed by atoms with Gasteiger partial charge in [-0.15, -0.1) is 0 Å². The van der Waals surface area contributed by atoms with Crippen molar-refractivity contribution in [3.63, 3.8) is 0 Å². The largest absolute Gasteiger partial charge is 0.394 e. The normalized spacial score (nSPS) is 21.5. The number of carbonyl (C=O) groups is 2. The second-order valence-corrected chi connectivity index (χ2v) is 11.8. The zero-order chi connectivity index (χ0) is 24.1. The van der Waals surface area contributed by atoms with Gasteiger partial charge >= 0.3 is 0 Å². The van der Waals surface area contributed by atoms with E-state index >= 15 is 0 Å². The van der Waals surface area contributed by atoms with Gasteiger partial charge in [0.05, 0.1) is 18.4 Å². The fraction of sp³-hybridized carbons (Fsp3) is 0.917. The summed E-state index contributed by atoms with van der Waals surface area (Å²) >= 11 is 0. The molecule has 1 heterocycles. The van der Waals surface area contributed by atoms with Crippen LogP contribution >= 0.6 is 0 Å². The van der Waals surface area contributed by atoms with Gasteiger partial charge in [0.2, 0.25) is 21.8 Å². The van der Waals surface area contributed by atoms with Crippen LogP contribution in [0.2, 0.25) is 0 Å². The van der Waals surface area contributed by atoms with Crippen LogP contribution < -0.4 is 15.4 Å². The van der Waals surface area contributed by atoms with E-state index in [-0.39, 0.29) is 24.2 Å². The molecule has 8 nitrogen and oxygen atoms in total. The Morgan fingerprint density at radius 3 is 2.39 bits per heavy atom. The number of nitrogens with one attached hydrogen (secondary N) is 3. The third kappa shape index (κ3) is 10.7. The molecule has 0 aromatic rings. The molecule has 0 spiro atoms. The molecule has 1 aliphatic heterocycles. The van der Waals surface area contributed by atoms with Gasteiger partial charge in [-0.3, -0.25) is 9.59 Å². The second-order valence-electron chi connectivity index (χ2n) is 9.90. The van der Waals surface area contributed by atoms with Crippen molar-refractivity contribution in [2.75, 3.05) is 18.9 Å². The quantitative estimate of drug-likeness (QED) is 0.249. The Balaban J connectivity index is 1.94. The Morgan fingerprint density at radius 2 is 1.76 bits per heavy atom. The number of aliphatic hydroxyl groups excluding tert-OH is 1. The van der Waals surface area contributed by atoms with Crippen molar-refractivity contribution in [2.45, 2.75) is 109 Å². The highest BCUT2D eigenvalue weighted by atomic mass is 32.2. The van der Waals surface area contributed by atoms with E-state index < -0.39 is 28.0 Å². The fourth-order valence-electron chi connectivity index (χ4n) is 5.01. The first-order valence-corrected chi connectivity index (χ1v) is 14.7. The third-order valence-electron chi connectivity index (χ3n) is 7.00. The molecule has 2 fully saturated rings. The van der Waals surface area contributed by atoms with Crippen molar-refractivity contribution in [2.24, 2.45) is 11.8 Å². The number of rotatable bonds is 16. The first-order chi connectivity index (χ1) is 15.8. The molecule has 0 aromatic carbocycles. The maximum Gasteiger partial charge on any atom is 0.238 e. The predicted molar refractivity (Wildman–Crippen MR) is 130 cm³/mol. The zero-order valence-electron chi connectivity index (χ0n) is 20.3. The number of hydrogen-bond donors (Lipinski definition) is 4. The van der Waals surface area contributed by atoms with Crippen LogP contribution in [0.5, 0.6) is 0 Å². The highest BCUT2D eigenvalue weighted by molar-refractivity contribution is 7.89. The van der Waals surface area contributed by atoms with Crippen LogP contribution in [0.4, 0.5) is 0 Å². The summed E-state index contributed by atoms with van der Waals surface area (Å²) in [5.74, 6) is -0.340. The monoisotopic (exact) mass is 487 g/mol. The molecular formula is C24H45N3O5S. The van der Waals surface area contributed by atoms with Crippen molar-refractivity contribution in [3.8, 4) is 0 Å². The molecule has 2 rings (SSSR count). The standard InChI is InChI=1S/C24H45N3O5S/c1-2-3-4-5-6-10-15-33(31,32)27-22(16-19-11-8-7-9-12-19)24(30)26-21(18-28)17-20-13-14-25-23(20)29/h19-22,27-28H,2-18H2,1H3,(H,25,29)(H,26,30)/t20-,21-,22-/m0/s1. The summed E-state index contributed by atoms with van der Waals surface area (Å²) in [6, 6.07) is -1.41. The van der Waals surface area contributed by atoms with Gasteiger partial charge < -0.3 is 15.7 Å². The molecule has 4 N–H and O–H groups in total. The molecule has 1 aliphatic carbocycles. The van der Waals surface area contributed by atoms with Gasteiger partial charge in [0, 0.05) is 12.5 Å². The first-order valence-electron chi connectivity index (χ1n) is 13.0. The van der Waals surface area contributed by atoms with Crippen molar-refractivity contribution >= 4 is 21.8 Å². The summed E-state index contributed by atoms with van der Waals surface area (Å²) in [5, 5.41) is 15.4. The fourth-order valence-corrected chi connectivity index (χ4v) is 6.35. The smallest absolute Gasteiger partial charge is 0.238 e. The summed E-state index contributed by atoms with van der Waals surface area (Å²) in [4.78, 5) is 25.0. The highest BCUT2D eigenvalue weighted by Gasteiger charge is 2.32. The van der Waals surface area contributed by atoms with Crippen LogP contribution in [-0.2, 0) is 19.6 Å². The Bertz CT molecular complexity index is 694. The highest BCUT2D eigenvalue weighted by Crippen LogP contribution is 2.28. The topological polar surface area (TPSA) is 125 Å². The van der Waals surface area contributed by atoms with Crippen LogP contribution in [0.25, 0.3) is 0 Å². The molecule has 1 saturated carbocycles. The van der Waals surface area contributed by atoms with Gasteiger partial charge in [0.1, 0.15) is 6.04 Å². The number of sulfonamides is 1. The van der Waals surface area contributed by atoms with E-state index in [9.17, 15) is 23.1 Å². The molecular weight excluding hydrogens is 442 g/mol. The van der Waals surface area contributed by atoms with Gasteiger partial charge in [0.15, 0.2) is 0 Å². The number of unbranched alkanes of at least 4 members (excludes halogenated alkanes) is 5. The molecule has 9 heteroatoms. The number of aliphatic hydroxyl groups is 1. The minimum absolute atomic E-state index is 0.0270. The summed E-state index contributed by atoms with van der Waals surface area (Å²) in [6.07, 6.45) is 12.9. The number of hydrogen-bond acceptors (Lipinski definition) is 5. The second kappa shape index (κ2) is 14.9. The van der Waals surface area contributed by atoms with Gasteiger partial charge in [-0.05, 0) is 31.6 Å². The van der Waals surface area contributed by atoms with E-state index in [0.29, 0.717) is 38.1 Å². The van der Waals surface area contributed by atoms with Crippen LogP contribution in [0.1, 0.15) is 96.8 Å². The molecule has 2 aliphatic rings. The summed E-state index contributed by atoms with van der Waals surface area (Å²) in [6.45, 7) is 2.48. The number of amides is 2. The van der Waals surface area contributed by atoms with Gasteiger partial charge in [-0.2, -0.15) is 0 Å². The molecule has 1 saturated heterocycles. The molecule has 0 bridgehead atoms.